The van der Waals surface area contributed by atoms with Crippen LogP contribution in [0.3, 0.4) is 0 Å². The molecule has 0 bridgehead atoms. The Bertz CT molecular complexity index is 1270. The Balaban J connectivity index is 1.70. The summed E-state index contributed by atoms with van der Waals surface area (Å²) < 4.78 is 21.8. The van der Waals surface area contributed by atoms with Gasteiger partial charge in [0.2, 0.25) is 0 Å². The molecular weight excluding hydrogens is 470 g/mol. The topological polar surface area (TPSA) is 86.0 Å². The monoisotopic (exact) mass is 497 g/mol. The van der Waals surface area contributed by atoms with Crippen molar-refractivity contribution in [3.63, 3.8) is 0 Å². The minimum absolute atomic E-state index is 0.0797. The van der Waals surface area contributed by atoms with Crippen molar-refractivity contribution >= 4 is 28.3 Å². The number of fused-ring (bicyclic) bond motifs is 3. The number of nitrogens with zero attached hydrogens (tertiary/aromatic N) is 3. The molecule has 0 radical (unpaired) electrons. The molecule has 2 aliphatic rings. The van der Waals surface area contributed by atoms with Gasteiger partial charge in [-0.3, -0.25) is 28.4 Å². The van der Waals surface area contributed by atoms with Crippen molar-refractivity contribution in [1.82, 2.24) is 9.58 Å². The Kier molecular flexibility index (Phi) is 5.97. The molecule has 5 rings (SSSR count). The zero-order valence-corrected chi connectivity index (χ0v) is 20.7. The van der Waals surface area contributed by atoms with Crippen LogP contribution in [0.4, 0.5) is 0 Å². The Morgan fingerprint density at radius 2 is 1.74 bits per heavy atom. The average molecular weight is 498 g/mol. The number of pyridine rings is 1. The quantitative estimate of drug-likeness (QED) is 0.560. The van der Waals surface area contributed by atoms with Gasteiger partial charge in [0.15, 0.2) is 5.43 Å². The Morgan fingerprint density at radius 1 is 1.03 bits per heavy atom. The molecule has 0 aliphatic carbocycles. The van der Waals surface area contributed by atoms with Gasteiger partial charge in [0.1, 0.15) is 12.4 Å². The van der Waals surface area contributed by atoms with Crippen molar-refractivity contribution < 1.29 is 13.9 Å². The van der Waals surface area contributed by atoms with Crippen molar-refractivity contribution in [2.24, 2.45) is 0 Å². The van der Waals surface area contributed by atoms with E-state index in [1.165, 1.54) is 22.8 Å². The van der Waals surface area contributed by atoms with Gasteiger partial charge in [-0.15, -0.1) is 11.8 Å². The third kappa shape index (κ3) is 4.13. The molecule has 2 N–H and O–H groups in total. The molecule has 1 amide bonds. The first-order valence-electron chi connectivity index (χ1n) is 11.0. The lowest BCUT2D eigenvalue weighted by molar-refractivity contribution is 0.0695. The normalized spacial score (nSPS) is 18.1. The van der Waals surface area contributed by atoms with E-state index >= 15 is 0 Å². The molecule has 2 aliphatic heterocycles. The lowest BCUT2D eigenvalue weighted by Crippen LogP contribution is -2.56. The second-order valence-corrected chi connectivity index (χ2v) is 12.2. The van der Waals surface area contributed by atoms with E-state index in [4.69, 9.17) is 0 Å². The van der Waals surface area contributed by atoms with E-state index < -0.39 is 10.6 Å². The molecule has 0 spiro atoms. The highest BCUT2D eigenvalue weighted by Gasteiger charge is 2.37. The van der Waals surface area contributed by atoms with Gasteiger partial charge in [0.05, 0.1) is 11.8 Å². The molecule has 1 aromatic heterocycles. The highest BCUT2D eigenvalue weighted by atomic mass is 32.3. The Labute approximate surface area is 204 Å². The summed E-state index contributed by atoms with van der Waals surface area (Å²) in [6.07, 6.45) is 3.06. The van der Waals surface area contributed by atoms with Gasteiger partial charge < -0.3 is 4.90 Å². The first-order chi connectivity index (χ1) is 16.2. The predicted molar refractivity (Wildman–Crippen MR) is 137 cm³/mol. The summed E-state index contributed by atoms with van der Waals surface area (Å²) in [5.74, 6) is 0.642. The van der Waals surface area contributed by atoms with Gasteiger partial charge in [-0.05, 0) is 29.7 Å². The molecule has 178 valence electrons. The fourth-order valence-electron chi connectivity index (χ4n) is 4.63. The van der Waals surface area contributed by atoms with E-state index in [9.17, 15) is 18.7 Å². The van der Waals surface area contributed by atoms with E-state index in [0.29, 0.717) is 11.3 Å². The summed E-state index contributed by atoms with van der Waals surface area (Å²) in [5, 5.41) is 2.11. The highest BCUT2D eigenvalue weighted by Crippen LogP contribution is 2.42. The fourth-order valence-corrected chi connectivity index (χ4v) is 6.29. The maximum absolute atomic E-state index is 13.5. The first kappa shape index (κ1) is 23.0. The maximum atomic E-state index is 13.5. The Morgan fingerprint density at radius 3 is 2.50 bits per heavy atom. The first-order valence-corrected chi connectivity index (χ1v) is 14.1. The van der Waals surface area contributed by atoms with Crippen LogP contribution in [-0.4, -0.2) is 49.8 Å². The molecule has 2 aromatic carbocycles. The predicted octanol–water partition coefficient (Wildman–Crippen LogP) is 4.28. The molecule has 9 heteroatoms. The summed E-state index contributed by atoms with van der Waals surface area (Å²) in [7, 11) is -2.77. The minimum atomic E-state index is -2.77. The van der Waals surface area contributed by atoms with Crippen LogP contribution in [0.15, 0.2) is 70.5 Å². The van der Waals surface area contributed by atoms with Crippen LogP contribution in [0.2, 0.25) is 0 Å². The van der Waals surface area contributed by atoms with Crippen molar-refractivity contribution in [2.45, 2.75) is 23.6 Å². The van der Waals surface area contributed by atoms with Gasteiger partial charge in [0.25, 0.3) is 5.91 Å². The number of carbonyl (C=O) groups is 1. The number of aromatic nitrogens is 1. The van der Waals surface area contributed by atoms with Crippen LogP contribution in [0, 0.1) is 6.92 Å². The van der Waals surface area contributed by atoms with Gasteiger partial charge in [-0.25, -0.2) is 0 Å². The van der Waals surface area contributed by atoms with Crippen LogP contribution in [-0.2, 0) is 5.75 Å². The van der Waals surface area contributed by atoms with E-state index in [-0.39, 0.29) is 36.3 Å². The van der Waals surface area contributed by atoms with Crippen LogP contribution in [0.1, 0.15) is 38.8 Å². The van der Waals surface area contributed by atoms with Gasteiger partial charge >= 0.3 is 0 Å². The van der Waals surface area contributed by atoms with Crippen molar-refractivity contribution in [3.8, 4) is 0 Å². The van der Waals surface area contributed by atoms with Crippen molar-refractivity contribution in [1.29, 1.82) is 0 Å². The third-order valence-electron chi connectivity index (χ3n) is 6.40. The second kappa shape index (κ2) is 8.81. The third-order valence-corrected chi connectivity index (χ3v) is 8.49. The lowest BCUT2D eigenvalue weighted by atomic mass is 9.94. The largest absolute Gasteiger partial charge is 0.317 e. The molecule has 0 fully saturated rings. The average Bonchev–Trinajstić information content (AvgIpc) is 2.97. The summed E-state index contributed by atoms with van der Waals surface area (Å²) in [5.41, 5.74) is 4.01. The number of hydrogen-bond donors (Lipinski definition) is 2. The zero-order chi connectivity index (χ0) is 24.0. The highest BCUT2D eigenvalue weighted by molar-refractivity contribution is 8.23. The number of amides is 1. The van der Waals surface area contributed by atoms with E-state index in [1.807, 2.05) is 28.9 Å². The molecule has 1 atom stereocenters. The summed E-state index contributed by atoms with van der Waals surface area (Å²) >= 11 is 1.79. The number of rotatable bonds is 4. The van der Waals surface area contributed by atoms with Crippen LogP contribution in [0.5, 0.6) is 0 Å². The van der Waals surface area contributed by atoms with Crippen molar-refractivity contribution in [2.75, 3.05) is 30.2 Å². The van der Waals surface area contributed by atoms with Crippen molar-refractivity contribution in [3.05, 3.63) is 99.0 Å². The van der Waals surface area contributed by atoms with E-state index in [0.717, 1.165) is 16.9 Å². The molecule has 3 aromatic rings. The van der Waals surface area contributed by atoms with Gasteiger partial charge in [-0.1, -0.05) is 42.5 Å². The number of hydrogen-bond acceptors (Lipinski definition) is 6. The molecular formula is C25H27N3O4S2. The zero-order valence-electron chi connectivity index (χ0n) is 19.0. The Hall–Kier alpha value is -2.72. The van der Waals surface area contributed by atoms with E-state index in [1.54, 1.807) is 29.8 Å². The number of benzene rings is 2. The van der Waals surface area contributed by atoms with Crippen LogP contribution in [0.25, 0.3) is 0 Å². The fraction of sp³-hybridized carbons (Fsp3) is 0.280. The maximum Gasteiger partial charge on any atom is 0.274 e. The molecule has 1 unspecified atom stereocenters. The summed E-state index contributed by atoms with van der Waals surface area (Å²) in [6, 6.07) is 17.9. The smallest absolute Gasteiger partial charge is 0.274 e. The van der Waals surface area contributed by atoms with Gasteiger partial charge in [-0.2, -0.15) is 10.6 Å². The number of carbonyl (C=O) groups excluding carboxylic acids is 1. The summed E-state index contributed by atoms with van der Waals surface area (Å²) in [6.45, 7) is 2.11. The number of thioether (sulfide) groups is 1. The van der Waals surface area contributed by atoms with Crippen LogP contribution >= 0.6 is 22.4 Å². The second-order valence-electron chi connectivity index (χ2n) is 8.77. The van der Waals surface area contributed by atoms with Gasteiger partial charge in [0, 0.05) is 41.3 Å². The molecule has 0 saturated heterocycles. The van der Waals surface area contributed by atoms with E-state index in [2.05, 4.69) is 29.3 Å². The van der Waals surface area contributed by atoms with Crippen LogP contribution < -0.4 is 10.4 Å². The summed E-state index contributed by atoms with van der Waals surface area (Å²) in [4.78, 5) is 28.8. The molecule has 3 heterocycles. The molecule has 7 nitrogen and oxygen atoms in total. The standard InChI is InChI=1S/C25H27N3O4S2/c1-17-21(29)11-12-27-23(17)25(30)26(13-14-34(2,31)32)16-28(27)24-19-8-4-3-7-18(19)15-33-22-10-6-5-9-20(22)24/h3-12,24,31-32H,13-16H2,1-2H3. The SMILES string of the molecule is Cc1c2n(ccc1=O)N(C1c3ccccc3CSc3ccccc31)CN(CCS(C)(O)O)C2=O. The molecule has 0 saturated carbocycles. The molecule has 34 heavy (non-hydrogen) atoms. The minimum Gasteiger partial charge on any atom is -0.317 e. The lowest BCUT2D eigenvalue weighted by Gasteiger charge is -2.45.